The van der Waals surface area contributed by atoms with E-state index in [1.54, 1.807) is 7.11 Å². The fourth-order valence-corrected chi connectivity index (χ4v) is 1.50. The smallest absolute Gasteiger partial charge is 0.141 e. The predicted molar refractivity (Wildman–Crippen MR) is 67.3 cm³/mol. The van der Waals surface area contributed by atoms with Crippen molar-refractivity contribution < 1.29 is 9.47 Å². The number of aryl methyl sites for hydroxylation is 1. The third-order valence-electron chi connectivity index (χ3n) is 2.34. The standard InChI is InChI=1S/C13H21NO2/c1-4-16-9-5-8-14-12-10-11(2)6-7-13(12)15-3/h6-7,10,14H,4-5,8-9H2,1-3H3. The molecule has 16 heavy (non-hydrogen) atoms. The minimum atomic E-state index is 0.785. The Morgan fingerprint density at radius 1 is 1.31 bits per heavy atom. The van der Waals surface area contributed by atoms with Crippen molar-refractivity contribution in [3.05, 3.63) is 23.8 Å². The SMILES string of the molecule is CCOCCCNc1cc(C)ccc1OC. The van der Waals surface area contributed by atoms with Gasteiger partial charge in [0.15, 0.2) is 0 Å². The van der Waals surface area contributed by atoms with Crippen LogP contribution in [-0.4, -0.2) is 26.9 Å². The van der Waals surface area contributed by atoms with Gasteiger partial charge in [-0.3, -0.25) is 0 Å². The monoisotopic (exact) mass is 223 g/mol. The zero-order valence-electron chi connectivity index (χ0n) is 10.4. The van der Waals surface area contributed by atoms with Crippen molar-refractivity contribution in [3.8, 4) is 5.75 Å². The lowest BCUT2D eigenvalue weighted by Gasteiger charge is -2.11. The van der Waals surface area contributed by atoms with E-state index in [0.29, 0.717) is 0 Å². The summed E-state index contributed by atoms with van der Waals surface area (Å²) in [6.07, 6.45) is 1.00. The Balaban J connectivity index is 2.42. The maximum absolute atomic E-state index is 5.28. The number of anilines is 1. The van der Waals surface area contributed by atoms with Gasteiger partial charge in [-0.1, -0.05) is 6.07 Å². The van der Waals surface area contributed by atoms with Gasteiger partial charge in [0, 0.05) is 19.8 Å². The van der Waals surface area contributed by atoms with Crippen molar-refractivity contribution >= 4 is 5.69 Å². The van der Waals surface area contributed by atoms with Crippen molar-refractivity contribution in [3.63, 3.8) is 0 Å². The van der Waals surface area contributed by atoms with E-state index < -0.39 is 0 Å². The molecule has 0 saturated heterocycles. The molecule has 0 aliphatic rings. The van der Waals surface area contributed by atoms with Gasteiger partial charge in [0.05, 0.1) is 12.8 Å². The van der Waals surface area contributed by atoms with Crippen LogP contribution in [0.4, 0.5) is 5.69 Å². The van der Waals surface area contributed by atoms with Crippen LogP contribution in [0.5, 0.6) is 5.75 Å². The summed E-state index contributed by atoms with van der Waals surface area (Å²) >= 11 is 0. The molecule has 0 spiro atoms. The van der Waals surface area contributed by atoms with Crippen molar-refractivity contribution in [2.24, 2.45) is 0 Å². The first-order chi connectivity index (χ1) is 7.77. The molecule has 0 fully saturated rings. The molecule has 0 aliphatic heterocycles. The van der Waals surface area contributed by atoms with Gasteiger partial charge in [-0.25, -0.2) is 0 Å². The van der Waals surface area contributed by atoms with Crippen molar-refractivity contribution in [2.45, 2.75) is 20.3 Å². The summed E-state index contributed by atoms with van der Waals surface area (Å²) < 4.78 is 10.6. The zero-order valence-corrected chi connectivity index (χ0v) is 10.4. The maximum atomic E-state index is 5.28. The Bertz CT molecular complexity index is 313. The van der Waals surface area contributed by atoms with Crippen molar-refractivity contribution in [2.75, 3.05) is 32.2 Å². The molecular weight excluding hydrogens is 202 g/mol. The summed E-state index contributed by atoms with van der Waals surface area (Å²) in [4.78, 5) is 0. The molecule has 1 rings (SSSR count). The number of nitrogens with one attached hydrogen (secondary N) is 1. The lowest BCUT2D eigenvalue weighted by Crippen LogP contribution is -2.06. The van der Waals surface area contributed by atoms with E-state index in [1.807, 2.05) is 19.1 Å². The fraction of sp³-hybridized carbons (Fsp3) is 0.538. The van der Waals surface area contributed by atoms with Gasteiger partial charge in [0.25, 0.3) is 0 Å². The van der Waals surface area contributed by atoms with E-state index in [2.05, 4.69) is 18.3 Å². The molecule has 0 bridgehead atoms. The first kappa shape index (κ1) is 12.8. The fourth-order valence-electron chi connectivity index (χ4n) is 1.50. The number of ether oxygens (including phenoxy) is 2. The number of hydrogen-bond donors (Lipinski definition) is 1. The molecule has 0 unspecified atom stereocenters. The highest BCUT2D eigenvalue weighted by atomic mass is 16.5. The average molecular weight is 223 g/mol. The molecule has 1 aromatic carbocycles. The summed E-state index contributed by atoms with van der Waals surface area (Å²) in [6, 6.07) is 6.13. The highest BCUT2D eigenvalue weighted by molar-refractivity contribution is 5.57. The van der Waals surface area contributed by atoms with Crippen LogP contribution >= 0.6 is 0 Å². The van der Waals surface area contributed by atoms with E-state index in [4.69, 9.17) is 9.47 Å². The lowest BCUT2D eigenvalue weighted by atomic mass is 10.2. The number of benzene rings is 1. The molecular formula is C13H21NO2. The lowest BCUT2D eigenvalue weighted by molar-refractivity contribution is 0.147. The summed E-state index contributed by atoms with van der Waals surface area (Å²) in [7, 11) is 1.69. The zero-order chi connectivity index (χ0) is 11.8. The molecule has 0 radical (unpaired) electrons. The molecule has 0 atom stereocenters. The van der Waals surface area contributed by atoms with E-state index in [-0.39, 0.29) is 0 Å². The first-order valence-corrected chi connectivity index (χ1v) is 5.74. The van der Waals surface area contributed by atoms with Crippen LogP contribution in [0.2, 0.25) is 0 Å². The van der Waals surface area contributed by atoms with Crippen molar-refractivity contribution in [1.82, 2.24) is 0 Å². The second-order valence-electron chi connectivity index (χ2n) is 3.68. The normalized spacial score (nSPS) is 10.2. The molecule has 0 amide bonds. The summed E-state index contributed by atoms with van der Waals surface area (Å²) in [6.45, 7) is 6.58. The summed E-state index contributed by atoms with van der Waals surface area (Å²) in [5, 5.41) is 3.36. The molecule has 3 heteroatoms. The largest absolute Gasteiger partial charge is 0.495 e. The minimum absolute atomic E-state index is 0.785. The van der Waals surface area contributed by atoms with Gasteiger partial charge < -0.3 is 14.8 Å². The van der Waals surface area contributed by atoms with Gasteiger partial charge in [-0.15, -0.1) is 0 Å². The Morgan fingerprint density at radius 2 is 2.12 bits per heavy atom. The van der Waals surface area contributed by atoms with Crippen LogP contribution < -0.4 is 10.1 Å². The summed E-state index contributed by atoms with van der Waals surface area (Å²) in [5.74, 6) is 0.891. The predicted octanol–water partition coefficient (Wildman–Crippen LogP) is 2.84. The van der Waals surface area contributed by atoms with E-state index in [9.17, 15) is 0 Å². The number of methoxy groups -OCH3 is 1. The highest BCUT2D eigenvalue weighted by Gasteiger charge is 2.01. The van der Waals surface area contributed by atoms with Crippen LogP contribution in [0.15, 0.2) is 18.2 Å². The van der Waals surface area contributed by atoms with Crippen LogP contribution in [-0.2, 0) is 4.74 Å². The Hall–Kier alpha value is -1.22. The molecule has 0 saturated carbocycles. The van der Waals surface area contributed by atoms with Crippen LogP contribution in [0, 0.1) is 6.92 Å². The molecule has 1 aromatic rings. The average Bonchev–Trinajstić information content (AvgIpc) is 2.29. The van der Waals surface area contributed by atoms with Gasteiger partial charge in [0.2, 0.25) is 0 Å². The molecule has 1 N–H and O–H groups in total. The third-order valence-corrected chi connectivity index (χ3v) is 2.34. The van der Waals surface area contributed by atoms with Gasteiger partial charge >= 0.3 is 0 Å². The molecule has 0 aliphatic carbocycles. The third kappa shape index (κ3) is 4.11. The molecule has 0 heterocycles. The Kier molecular flexibility index (Phi) is 5.72. The van der Waals surface area contributed by atoms with E-state index in [0.717, 1.165) is 37.6 Å². The van der Waals surface area contributed by atoms with Crippen LogP contribution in [0.1, 0.15) is 18.9 Å². The highest BCUT2D eigenvalue weighted by Crippen LogP contribution is 2.24. The number of rotatable bonds is 7. The quantitative estimate of drug-likeness (QED) is 0.721. The minimum Gasteiger partial charge on any atom is -0.495 e. The van der Waals surface area contributed by atoms with Gasteiger partial charge in [0.1, 0.15) is 5.75 Å². The van der Waals surface area contributed by atoms with Crippen LogP contribution in [0.3, 0.4) is 0 Å². The Morgan fingerprint density at radius 3 is 2.81 bits per heavy atom. The maximum Gasteiger partial charge on any atom is 0.141 e. The second kappa shape index (κ2) is 7.12. The first-order valence-electron chi connectivity index (χ1n) is 5.74. The van der Waals surface area contributed by atoms with E-state index in [1.165, 1.54) is 5.56 Å². The summed E-state index contributed by atoms with van der Waals surface area (Å²) in [5.41, 5.74) is 2.28. The molecule has 90 valence electrons. The van der Waals surface area contributed by atoms with Crippen LogP contribution in [0.25, 0.3) is 0 Å². The molecule has 0 aromatic heterocycles. The number of hydrogen-bond acceptors (Lipinski definition) is 3. The second-order valence-corrected chi connectivity index (χ2v) is 3.68. The van der Waals surface area contributed by atoms with Crippen molar-refractivity contribution in [1.29, 1.82) is 0 Å². The van der Waals surface area contributed by atoms with Gasteiger partial charge in [-0.05, 0) is 38.0 Å². The van der Waals surface area contributed by atoms with Gasteiger partial charge in [-0.2, -0.15) is 0 Å². The van der Waals surface area contributed by atoms with E-state index >= 15 is 0 Å². The topological polar surface area (TPSA) is 30.5 Å². The Labute approximate surface area is 97.8 Å². The molecule has 3 nitrogen and oxygen atoms in total.